The number of carbonyl (C=O) groups is 1. The zero-order chi connectivity index (χ0) is 31.0. The van der Waals surface area contributed by atoms with E-state index in [0.717, 1.165) is 34.3 Å². The van der Waals surface area contributed by atoms with E-state index in [1.807, 2.05) is 30.3 Å². The highest BCUT2D eigenvalue weighted by atomic mass is 16.1. The van der Waals surface area contributed by atoms with Gasteiger partial charge in [0, 0.05) is 22.7 Å². The lowest BCUT2D eigenvalue weighted by atomic mass is 9.54. The standard InChI is InChI=1S/C43H39NO/c1-31(2)44-39-27-17-16-26-38(39)42(3,29-32-18-8-4-9-19-32)43(44)30-36(33-20-10-5-11-21-33)28-37(34-22-12-6-13-23-34)40(43)41(45)35-24-14-7-15-25-35/h4-28,30-31,40H,29H2,1-3H3/t40-,42+,43-/m1/s1. The summed E-state index contributed by atoms with van der Waals surface area (Å²) in [6.45, 7) is 6.94. The van der Waals surface area contributed by atoms with Gasteiger partial charge in [0.1, 0.15) is 0 Å². The van der Waals surface area contributed by atoms with Crippen molar-refractivity contribution in [2.24, 2.45) is 5.92 Å². The van der Waals surface area contributed by atoms with Crippen molar-refractivity contribution in [3.05, 3.63) is 186 Å². The number of allylic oxidation sites excluding steroid dienone is 2. The molecule has 0 fully saturated rings. The fourth-order valence-corrected chi connectivity index (χ4v) is 8.10. The second kappa shape index (κ2) is 11.5. The summed E-state index contributed by atoms with van der Waals surface area (Å²) in [6, 6.07) is 50.9. The molecule has 0 saturated carbocycles. The molecular formula is C43H39NO. The average Bonchev–Trinajstić information content (AvgIpc) is 3.29. The molecule has 1 aliphatic carbocycles. The molecule has 0 bridgehead atoms. The van der Waals surface area contributed by atoms with E-state index >= 15 is 4.79 Å². The van der Waals surface area contributed by atoms with Crippen LogP contribution in [0.1, 0.15) is 53.4 Å². The van der Waals surface area contributed by atoms with Crippen molar-refractivity contribution in [3.63, 3.8) is 0 Å². The van der Waals surface area contributed by atoms with Crippen molar-refractivity contribution < 1.29 is 4.79 Å². The number of anilines is 1. The maximum atomic E-state index is 15.4. The summed E-state index contributed by atoms with van der Waals surface area (Å²) in [7, 11) is 0. The fraction of sp³-hybridized carbons (Fsp3) is 0.186. The summed E-state index contributed by atoms with van der Waals surface area (Å²) in [5.41, 5.74) is 7.73. The van der Waals surface area contributed by atoms with Gasteiger partial charge in [-0.3, -0.25) is 4.79 Å². The SMILES string of the molecule is CC(C)N1c2ccccc2[C@](C)(Cc2ccccc2)[C@]12C=C(c1ccccc1)C=C(c1ccccc1)[C@@H]2C(=O)c1ccccc1. The van der Waals surface area contributed by atoms with E-state index in [1.165, 1.54) is 16.8 Å². The van der Waals surface area contributed by atoms with E-state index in [4.69, 9.17) is 0 Å². The molecule has 7 rings (SSSR count). The Balaban J connectivity index is 1.61. The Hall–Kier alpha value is -4.95. The van der Waals surface area contributed by atoms with Gasteiger partial charge in [0.15, 0.2) is 5.78 Å². The highest BCUT2D eigenvalue weighted by molar-refractivity contribution is 6.10. The van der Waals surface area contributed by atoms with Crippen molar-refractivity contribution in [1.82, 2.24) is 0 Å². The van der Waals surface area contributed by atoms with Gasteiger partial charge in [-0.05, 0) is 71.9 Å². The lowest BCUT2D eigenvalue weighted by Gasteiger charge is -2.55. The normalized spacial score (nSPS) is 22.2. The first-order chi connectivity index (χ1) is 21.9. The molecule has 1 aliphatic heterocycles. The average molecular weight is 586 g/mol. The van der Waals surface area contributed by atoms with E-state index in [9.17, 15) is 0 Å². The van der Waals surface area contributed by atoms with E-state index in [-0.39, 0.29) is 11.8 Å². The molecule has 0 N–H and O–H groups in total. The fourth-order valence-electron chi connectivity index (χ4n) is 8.10. The minimum atomic E-state index is -0.723. The Morgan fingerprint density at radius 2 is 1.22 bits per heavy atom. The number of ketones is 1. The van der Waals surface area contributed by atoms with E-state index in [1.54, 1.807) is 0 Å². The lowest BCUT2D eigenvalue weighted by Crippen LogP contribution is -2.65. The number of rotatable bonds is 7. The first-order valence-corrected chi connectivity index (χ1v) is 16.0. The van der Waals surface area contributed by atoms with Gasteiger partial charge < -0.3 is 4.90 Å². The second-order valence-electron chi connectivity index (χ2n) is 12.9. The molecule has 1 spiro atoms. The van der Waals surface area contributed by atoms with Crippen molar-refractivity contribution in [3.8, 4) is 0 Å². The number of benzene rings is 5. The molecule has 2 nitrogen and oxygen atoms in total. The first-order valence-electron chi connectivity index (χ1n) is 16.0. The Bertz CT molecular complexity index is 1870. The summed E-state index contributed by atoms with van der Waals surface area (Å²) >= 11 is 0. The van der Waals surface area contributed by atoms with Crippen LogP contribution in [0.15, 0.2) is 158 Å². The molecule has 0 unspecified atom stereocenters. The topological polar surface area (TPSA) is 20.3 Å². The van der Waals surface area contributed by atoms with Crippen LogP contribution >= 0.6 is 0 Å². The Kier molecular flexibility index (Phi) is 7.37. The number of fused-ring (bicyclic) bond motifs is 1. The zero-order valence-electron chi connectivity index (χ0n) is 26.2. The van der Waals surface area contributed by atoms with Crippen molar-refractivity contribution in [2.45, 2.75) is 44.2 Å². The van der Waals surface area contributed by atoms with Gasteiger partial charge in [-0.25, -0.2) is 0 Å². The number of hydrogen-bond donors (Lipinski definition) is 0. The second-order valence-corrected chi connectivity index (χ2v) is 12.9. The van der Waals surface area contributed by atoms with Crippen molar-refractivity contribution in [1.29, 1.82) is 0 Å². The smallest absolute Gasteiger partial charge is 0.173 e. The number of carbonyl (C=O) groups excluding carboxylic acids is 1. The van der Waals surface area contributed by atoms with Crippen LogP contribution in [0, 0.1) is 5.92 Å². The summed E-state index contributed by atoms with van der Waals surface area (Å²) in [5.74, 6) is -0.329. The minimum absolute atomic E-state index is 0.123. The van der Waals surface area contributed by atoms with Crippen LogP contribution < -0.4 is 4.90 Å². The highest BCUT2D eigenvalue weighted by Gasteiger charge is 2.65. The third kappa shape index (κ3) is 4.68. The monoisotopic (exact) mass is 585 g/mol. The quantitative estimate of drug-likeness (QED) is 0.177. The third-order valence-electron chi connectivity index (χ3n) is 9.93. The molecule has 5 aromatic rings. The Morgan fingerprint density at radius 3 is 1.84 bits per heavy atom. The molecule has 0 radical (unpaired) electrons. The first kappa shape index (κ1) is 28.8. The van der Waals surface area contributed by atoms with Crippen LogP contribution in [-0.2, 0) is 11.8 Å². The van der Waals surface area contributed by atoms with Crippen LogP contribution in [0.2, 0.25) is 0 Å². The molecule has 0 saturated heterocycles. The summed E-state index contributed by atoms with van der Waals surface area (Å²) in [5, 5.41) is 0. The molecule has 3 atom stereocenters. The summed E-state index contributed by atoms with van der Waals surface area (Å²) in [4.78, 5) is 17.9. The van der Waals surface area contributed by atoms with Gasteiger partial charge in [-0.2, -0.15) is 0 Å². The molecule has 2 aliphatic rings. The van der Waals surface area contributed by atoms with Gasteiger partial charge in [0.05, 0.1) is 11.5 Å². The summed E-state index contributed by atoms with van der Waals surface area (Å²) in [6.07, 6.45) is 5.53. The number of nitrogens with zero attached hydrogens (tertiary/aromatic N) is 1. The third-order valence-corrected chi connectivity index (χ3v) is 9.93. The van der Waals surface area contributed by atoms with E-state index in [2.05, 4.69) is 153 Å². The molecule has 0 aromatic heterocycles. The maximum Gasteiger partial charge on any atom is 0.173 e. The molecule has 5 aromatic carbocycles. The van der Waals surface area contributed by atoms with E-state index < -0.39 is 16.9 Å². The predicted molar refractivity (Wildman–Crippen MR) is 187 cm³/mol. The van der Waals surface area contributed by atoms with Crippen LogP contribution in [0.5, 0.6) is 0 Å². The van der Waals surface area contributed by atoms with Gasteiger partial charge >= 0.3 is 0 Å². The van der Waals surface area contributed by atoms with Gasteiger partial charge in [-0.15, -0.1) is 0 Å². The van der Waals surface area contributed by atoms with Crippen molar-refractivity contribution in [2.75, 3.05) is 4.90 Å². The summed E-state index contributed by atoms with van der Waals surface area (Å²) < 4.78 is 0. The van der Waals surface area contributed by atoms with Crippen LogP contribution in [-0.4, -0.2) is 17.4 Å². The Labute approximate surface area is 267 Å². The van der Waals surface area contributed by atoms with Crippen LogP contribution in [0.25, 0.3) is 11.1 Å². The largest absolute Gasteiger partial charge is 0.358 e. The molecule has 222 valence electrons. The molecule has 2 heteroatoms. The van der Waals surface area contributed by atoms with Crippen LogP contribution in [0.3, 0.4) is 0 Å². The highest BCUT2D eigenvalue weighted by Crippen LogP contribution is 2.62. The van der Waals surface area contributed by atoms with Gasteiger partial charge in [-0.1, -0.05) is 146 Å². The van der Waals surface area contributed by atoms with Crippen molar-refractivity contribution >= 4 is 22.6 Å². The zero-order valence-corrected chi connectivity index (χ0v) is 26.2. The van der Waals surface area contributed by atoms with E-state index in [0.29, 0.717) is 0 Å². The maximum absolute atomic E-state index is 15.4. The Morgan fingerprint density at radius 1 is 0.689 bits per heavy atom. The van der Waals surface area contributed by atoms with Gasteiger partial charge in [0.25, 0.3) is 0 Å². The predicted octanol–water partition coefficient (Wildman–Crippen LogP) is 9.83. The minimum Gasteiger partial charge on any atom is -0.358 e. The molecule has 1 heterocycles. The molecule has 0 amide bonds. The number of para-hydroxylation sites is 1. The van der Waals surface area contributed by atoms with Gasteiger partial charge in [0.2, 0.25) is 0 Å². The molecular weight excluding hydrogens is 546 g/mol. The lowest BCUT2D eigenvalue weighted by molar-refractivity contribution is 0.0871. The molecule has 45 heavy (non-hydrogen) atoms. The van der Waals surface area contributed by atoms with Crippen LogP contribution in [0.4, 0.5) is 5.69 Å². The number of Topliss-reactive ketones (excluding diaryl/α,β-unsaturated/α-hetero) is 1. The number of hydrogen-bond acceptors (Lipinski definition) is 2.